The Hall–Kier alpha value is -0.160. The molecule has 0 aromatic rings. The molecule has 2 rings (SSSR count). The lowest BCUT2D eigenvalue weighted by atomic mass is 10.2. The van der Waals surface area contributed by atoms with Crippen molar-refractivity contribution in [1.29, 1.82) is 0 Å². The molecule has 0 heterocycles. The molecule has 0 amide bonds. The van der Waals surface area contributed by atoms with E-state index < -0.39 is 5.79 Å². The van der Waals surface area contributed by atoms with Gasteiger partial charge in [0.15, 0.2) is 5.79 Å². The summed E-state index contributed by atoms with van der Waals surface area (Å²) < 4.78 is 0. The number of hydrogen-bond donors (Lipinski definition) is 4. The van der Waals surface area contributed by atoms with E-state index in [9.17, 15) is 0 Å². The first-order valence-electron chi connectivity index (χ1n) is 6.38. The van der Waals surface area contributed by atoms with E-state index >= 15 is 0 Å². The summed E-state index contributed by atoms with van der Waals surface area (Å²) in [6, 6.07) is 0.273. The van der Waals surface area contributed by atoms with Crippen LogP contribution in [-0.4, -0.2) is 33.3 Å². The molecular formula is C12H27NO3. The van der Waals surface area contributed by atoms with E-state index in [0.29, 0.717) is 12.8 Å². The van der Waals surface area contributed by atoms with Gasteiger partial charge in [0.05, 0.1) is 6.10 Å². The molecule has 2 atom stereocenters. The zero-order valence-corrected chi connectivity index (χ0v) is 10.5. The van der Waals surface area contributed by atoms with Gasteiger partial charge in [0.2, 0.25) is 0 Å². The zero-order chi connectivity index (χ0) is 12.6. The van der Waals surface area contributed by atoms with Crippen LogP contribution >= 0.6 is 0 Å². The van der Waals surface area contributed by atoms with Crippen LogP contribution in [0.4, 0.5) is 0 Å². The predicted octanol–water partition coefficient (Wildman–Crippen LogP) is 1.13. The van der Waals surface area contributed by atoms with Gasteiger partial charge in [-0.2, -0.15) is 0 Å². The van der Waals surface area contributed by atoms with Crippen molar-refractivity contribution in [2.45, 2.75) is 76.7 Å². The van der Waals surface area contributed by atoms with Crippen LogP contribution < -0.4 is 5.73 Å². The highest BCUT2D eigenvalue weighted by atomic mass is 16.5. The van der Waals surface area contributed by atoms with Crippen molar-refractivity contribution in [2.75, 3.05) is 0 Å². The molecule has 2 aliphatic rings. The molecule has 0 spiro atoms. The first kappa shape index (κ1) is 15.8. The Labute approximate surface area is 98.5 Å². The molecule has 5 N–H and O–H groups in total. The second kappa shape index (κ2) is 8.01. The average molecular weight is 233 g/mol. The average Bonchev–Trinajstić information content (AvgIpc) is 2.79. The zero-order valence-electron chi connectivity index (χ0n) is 10.5. The molecule has 98 valence electrons. The fourth-order valence-corrected chi connectivity index (χ4v) is 1.93. The van der Waals surface area contributed by atoms with Gasteiger partial charge in [-0.05, 0) is 32.1 Å². The minimum atomic E-state index is -1.31. The summed E-state index contributed by atoms with van der Waals surface area (Å²) in [5.41, 5.74) is 5.47. The van der Waals surface area contributed by atoms with Crippen LogP contribution in [0.15, 0.2) is 0 Å². The van der Waals surface area contributed by atoms with Gasteiger partial charge < -0.3 is 21.1 Å². The maximum Gasteiger partial charge on any atom is 0.162 e. The smallest absolute Gasteiger partial charge is 0.162 e. The third-order valence-corrected chi connectivity index (χ3v) is 2.85. The lowest BCUT2D eigenvalue weighted by Gasteiger charge is -2.11. The van der Waals surface area contributed by atoms with Crippen LogP contribution in [0.25, 0.3) is 0 Å². The summed E-state index contributed by atoms with van der Waals surface area (Å²) in [6.45, 7) is 4.00. The van der Waals surface area contributed by atoms with Crippen LogP contribution in [0.1, 0.15) is 58.8 Å². The molecule has 0 radical (unpaired) electrons. The van der Waals surface area contributed by atoms with Gasteiger partial charge in [-0.1, -0.05) is 13.8 Å². The van der Waals surface area contributed by atoms with Crippen LogP contribution in [0, 0.1) is 0 Å². The largest absolute Gasteiger partial charge is 0.393 e. The summed E-state index contributed by atoms with van der Waals surface area (Å²) in [6.07, 6.45) is 5.66. The fraction of sp³-hybridized carbons (Fsp3) is 1.00. The van der Waals surface area contributed by atoms with E-state index in [1.807, 2.05) is 13.8 Å². The normalized spacial score (nSPS) is 31.1. The van der Waals surface area contributed by atoms with Crippen molar-refractivity contribution in [1.82, 2.24) is 0 Å². The summed E-state index contributed by atoms with van der Waals surface area (Å²) in [7, 11) is 0. The van der Waals surface area contributed by atoms with Gasteiger partial charge in [0.1, 0.15) is 0 Å². The molecule has 2 aliphatic carbocycles. The molecular weight excluding hydrogens is 206 g/mol. The van der Waals surface area contributed by atoms with Crippen molar-refractivity contribution < 1.29 is 15.3 Å². The maximum atomic E-state index is 8.82. The monoisotopic (exact) mass is 233 g/mol. The van der Waals surface area contributed by atoms with E-state index in [1.165, 1.54) is 0 Å². The molecule has 0 bridgehead atoms. The third-order valence-electron chi connectivity index (χ3n) is 2.85. The Balaban J connectivity index is 0.000000244. The van der Waals surface area contributed by atoms with E-state index in [1.54, 1.807) is 0 Å². The van der Waals surface area contributed by atoms with Crippen LogP contribution in [0.2, 0.25) is 0 Å². The topological polar surface area (TPSA) is 86.7 Å². The highest BCUT2D eigenvalue weighted by Crippen LogP contribution is 2.25. The maximum absolute atomic E-state index is 8.82. The Bertz CT molecular complexity index is 158. The second-order valence-electron chi connectivity index (χ2n) is 4.42. The van der Waals surface area contributed by atoms with Crippen LogP contribution in [0.3, 0.4) is 0 Å². The van der Waals surface area contributed by atoms with Gasteiger partial charge in [-0.3, -0.25) is 0 Å². The molecule has 2 unspecified atom stereocenters. The summed E-state index contributed by atoms with van der Waals surface area (Å²) in [5.74, 6) is -1.31. The van der Waals surface area contributed by atoms with E-state index in [-0.39, 0.29) is 12.1 Å². The minimum Gasteiger partial charge on any atom is -0.393 e. The van der Waals surface area contributed by atoms with Crippen molar-refractivity contribution in [3.05, 3.63) is 0 Å². The Morgan fingerprint density at radius 1 is 1.06 bits per heavy atom. The van der Waals surface area contributed by atoms with Crippen LogP contribution in [0.5, 0.6) is 0 Å². The van der Waals surface area contributed by atoms with E-state index in [0.717, 1.165) is 32.1 Å². The molecule has 0 saturated heterocycles. The lowest BCUT2D eigenvalue weighted by molar-refractivity contribution is -0.152. The third kappa shape index (κ3) is 7.17. The lowest BCUT2D eigenvalue weighted by Crippen LogP contribution is -2.21. The van der Waals surface area contributed by atoms with Crippen molar-refractivity contribution in [3.8, 4) is 0 Å². The second-order valence-corrected chi connectivity index (χ2v) is 4.42. The Morgan fingerprint density at radius 3 is 1.69 bits per heavy atom. The van der Waals surface area contributed by atoms with E-state index in [2.05, 4.69) is 0 Å². The minimum absolute atomic E-state index is 0.102. The quantitative estimate of drug-likeness (QED) is 0.472. The van der Waals surface area contributed by atoms with Gasteiger partial charge in [-0.15, -0.1) is 0 Å². The number of hydrogen-bond acceptors (Lipinski definition) is 4. The first-order valence-corrected chi connectivity index (χ1v) is 6.38. The Morgan fingerprint density at radius 2 is 1.56 bits per heavy atom. The molecule has 2 saturated carbocycles. The molecule has 2 fully saturated rings. The van der Waals surface area contributed by atoms with Gasteiger partial charge >= 0.3 is 0 Å². The van der Waals surface area contributed by atoms with Crippen molar-refractivity contribution in [2.24, 2.45) is 5.73 Å². The summed E-state index contributed by atoms with van der Waals surface area (Å²) in [5, 5.41) is 26.3. The number of nitrogens with two attached hydrogens (primary N) is 1. The van der Waals surface area contributed by atoms with E-state index in [4.69, 9.17) is 21.1 Å². The Kier molecular flexibility index (Phi) is 7.93. The molecule has 0 aliphatic heterocycles. The van der Waals surface area contributed by atoms with Gasteiger partial charge in [-0.25, -0.2) is 0 Å². The molecule has 4 nitrogen and oxygen atoms in total. The molecule has 0 aromatic heterocycles. The van der Waals surface area contributed by atoms with Crippen molar-refractivity contribution in [3.63, 3.8) is 0 Å². The standard InChI is InChI=1S/C5H11NO.C5H10O2.C2H6/c6-4-1-2-5(7)3-4;6-5(7)3-1-2-4-5;1-2/h4-5,7H,1-3,6H2;6-7H,1-4H2;1-2H3. The first-order chi connectivity index (χ1) is 7.49. The summed E-state index contributed by atoms with van der Waals surface area (Å²) in [4.78, 5) is 0. The molecule has 16 heavy (non-hydrogen) atoms. The number of rotatable bonds is 0. The highest BCUT2D eigenvalue weighted by Gasteiger charge is 2.26. The SMILES string of the molecule is CC.NC1CCC(O)C1.OC1(O)CCCC1. The molecule has 0 aromatic carbocycles. The van der Waals surface area contributed by atoms with Crippen molar-refractivity contribution >= 4 is 0 Å². The fourth-order valence-electron chi connectivity index (χ4n) is 1.93. The molecule has 4 heteroatoms. The van der Waals surface area contributed by atoms with Crippen LogP contribution in [-0.2, 0) is 0 Å². The number of aliphatic hydroxyl groups excluding tert-OH is 1. The number of aliphatic hydroxyl groups is 3. The van der Waals surface area contributed by atoms with Gasteiger partial charge in [0.25, 0.3) is 0 Å². The highest BCUT2D eigenvalue weighted by molar-refractivity contribution is 4.76. The van der Waals surface area contributed by atoms with Gasteiger partial charge in [0, 0.05) is 18.9 Å². The predicted molar refractivity (Wildman–Crippen MR) is 64.8 cm³/mol. The summed E-state index contributed by atoms with van der Waals surface area (Å²) >= 11 is 0.